The van der Waals surface area contributed by atoms with Crippen LogP contribution in [-0.4, -0.2) is 61.6 Å². The minimum Gasteiger partial charge on any atom is -0.466 e. The van der Waals surface area contributed by atoms with Crippen molar-refractivity contribution in [3.05, 3.63) is 0 Å². The molecule has 4 N–H and O–H groups in total. The number of rotatable bonds is 10. The molecular formula is C19H32N4O4S2. The standard InChI is InChI=1S/C19H32N4O4S2/c24-16-12-14(4-10-26-16)2-8-22-18(28)20-6-1-7-21-19(29)23-9-3-15-5-11-27-17(25)13-15/h14-15H,1-13H2,(H2,20,22,28)(H2,21,23,29). The Balaban J connectivity index is 1.39. The summed E-state index contributed by atoms with van der Waals surface area (Å²) in [4.78, 5) is 22.5. The number of nitrogens with one attached hydrogen (secondary N) is 4. The van der Waals surface area contributed by atoms with Gasteiger partial charge in [0.1, 0.15) is 0 Å². The van der Waals surface area contributed by atoms with E-state index in [1.54, 1.807) is 0 Å². The number of ether oxygens (including phenoxy) is 2. The van der Waals surface area contributed by atoms with Gasteiger partial charge < -0.3 is 30.7 Å². The molecule has 0 bridgehead atoms. The van der Waals surface area contributed by atoms with E-state index in [0.717, 1.165) is 58.3 Å². The summed E-state index contributed by atoms with van der Waals surface area (Å²) in [6.07, 6.45) is 5.59. The first kappa shape index (κ1) is 23.6. The number of cyclic esters (lactones) is 2. The van der Waals surface area contributed by atoms with Gasteiger partial charge in [-0.05, 0) is 68.4 Å². The van der Waals surface area contributed by atoms with E-state index in [1.165, 1.54) is 0 Å². The smallest absolute Gasteiger partial charge is 0.306 e. The summed E-state index contributed by atoms with van der Waals surface area (Å²) in [5, 5.41) is 14.0. The van der Waals surface area contributed by atoms with Crippen molar-refractivity contribution >= 4 is 46.6 Å². The first-order valence-electron chi connectivity index (χ1n) is 10.4. The molecule has 0 aromatic carbocycles. The van der Waals surface area contributed by atoms with E-state index in [4.69, 9.17) is 33.9 Å². The van der Waals surface area contributed by atoms with Crippen LogP contribution in [0.25, 0.3) is 0 Å². The minimum absolute atomic E-state index is 0.0967. The van der Waals surface area contributed by atoms with Crippen LogP contribution < -0.4 is 21.3 Å². The lowest BCUT2D eigenvalue weighted by Crippen LogP contribution is -2.40. The van der Waals surface area contributed by atoms with Gasteiger partial charge >= 0.3 is 11.9 Å². The molecular weight excluding hydrogens is 412 g/mol. The van der Waals surface area contributed by atoms with Crippen LogP contribution in [0, 0.1) is 11.8 Å². The molecule has 2 unspecified atom stereocenters. The fourth-order valence-electron chi connectivity index (χ4n) is 3.36. The average molecular weight is 445 g/mol. The van der Waals surface area contributed by atoms with Gasteiger partial charge in [-0.25, -0.2) is 0 Å². The molecule has 8 nitrogen and oxygen atoms in total. The quantitative estimate of drug-likeness (QED) is 0.222. The molecule has 0 aliphatic carbocycles. The Kier molecular flexibility index (Phi) is 11.0. The predicted molar refractivity (Wildman–Crippen MR) is 118 cm³/mol. The van der Waals surface area contributed by atoms with Crippen LogP contribution in [0.1, 0.15) is 44.9 Å². The van der Waals surface area contributed by atoms with Gasteiger partial charge in [-0.1, -0.05) is 0 Å². The molecule has 2 rings (SSSR count). The van der Waals surface area contributed by atoms with Crippen molar-refractivity contribution in [2.24, 2.45) is 11.8 Å². The molecule has 10 heteroatoms. The predicted octanol–water partition coefficient (Wildman–Crippen LogP) is 0.991. The van der Waals surface area contributed by atoms with E-state index in [1.807, 2.05) is 0 Å². The van der Waals surface area contributed by atoms with Crippen LogP contribution in [0.3, 0.4) is 0 Å². The Morgan fingerprint density at radius 3 is 1.59 bits per heavy atom. The summed E-state index contributed by atoms with van der Waals surface area (Å²) >= 11 is 10.5. The van der Waals surface area contributed by atoms with Gasteiger partial charge in [0.2, 0.25) is 0 Å². The van der Waals surface area contributed by atoms with E-state index in [9.17, 15) is 9.59 Å². The Morgan fingerprint density at radius 2 is 1.17 bits per heavy atom. The van der Waals surface area contributed by atoms with Gasteiger partial charge in [0.25, 0.3) is 0 Å². The maximum atomic E-state index is 11.2. The number of thiocarbonyl (C=S) groups is 2. The lowest BCUT2D eigenvalue weighted by Gasteiger charge is -2.21. The van der Waals surface area contributed by atoms with E-state index in [-0.39, 0.29) is 11.9 Å². The topological polar surface area (TPSA) is 101 Å². The lowest BCUT2D eigenvalue weighted by molar-refractivity contribution is -0.150. The van der Waals surface area contributed by atoms with Crippen molar-refractivity contribution in [1.82, 2.24) is 21.3 Å². The Hall–Kier alpha value is -1.68. The SMILES string of the molecule is O=C1CC(CCNC(=S)NCCCNC(=S)NCCC2CCOC(=O)C2)CCO1. The molecule has 2 heterocycles. The highest BCUT2D eigenvalue weighted by molar-refractivity contribution is 7.80. The number of hydrogen-bond acceptors (Lipinski definition) is 6. The van der Waals surface area contributed by atoms with Crippen molar-refractivity contribution in [2.75, 3.05) is 39.4 Å². The van der Waals surface area contributed by atoms with Crippen LogP contribution in [0.15, 0.2) is 0 Å². The lowest BCUT2D eigenvalue weighted by atomic mass is 9.96. The second-order valence-electron chi connectivity index (χ2n) is 7.45. The van der Waals surface area contributed by atoms with Crippen molar-refractivity contribution in [1.29, 1.82) is 0 Å². The molecule has 2 fully saturated rings. The van der Waals surface area contributed by atoms with Gasteiger partial charge in [-0.2, -0.15) is 0 Å². The maximum Gasteiger partial charge on any atom is 0.306 e. The van der Waals surface area contributed by atoms with E-state index in [0.29, 0.717) is 48.1 Å². The fraction of sp³-hybridized carbons (Fsp3) is 0.789. The third-order valence-electron chi connectivity index (χ3n) is 5.09. The molecule has 2 saturated heterocycles. The highest BCUT2D eigenvalue weighted by Crippen LogP contribution is 2.19. The first-order valence-corrected chi connectivity index (χ1v) is 11.2. The second-order valence-corrected chi connectivity index (χ2v) is 8.27. The zero-order valence-corrected chi connectivity index (χ0v) is 18.4. The number of carbonyl (C=O) groups excluding carboxylic acids is 2. The van der Waals surface area contributed by atoms with Gasteiger partial charge in [0, 0.05) is 39.0 Å². The van der Waals surface area contributed by atoms with E-state index >= 15 is 0 Å². The zero-order valence-electron chi connectivity index (χ0n) is 16.8. The summed E-state index contributed by atoms with van der Waals surface area (Å²) in [5.74, 6) is 0.577. The summed E-state index contributed by atoms with van der Waals surface area (Å²) in [6, 6.07) is 0. The average Bonchev–Trinajstić information content (AvgIpc) is 2.68. The third kappa shape index (κ3) is 10.6. The highest BCUT2D eigenvalue weighted by Gasteiger charge is 2.21. The summed E-state index contributed by atoms with van der Waals surface area (Å²) in [6.45, 7) is 4.09. The highest BCUT2D eigenvalue weighted by atomic mass is 32.1. The summed E-state index contributed by atoms with van der Waals surface area (Å²) in [5.41, 5.74) is 0. The molecule has 0 aromatic heterocycles. The molecule has 2 aliphatic heterocycles. The van der Waals surface area contributed by atoms with Gasteiger partial charge in [-0.15, -0.1) is 0 Å². The van der Waals surface area contributed by atoms with Crippen molar-refractivity contribution in [2.45, 2.75) is 44.9 Å². The van der Waals surface area contributed by atoms with Crippen LogP contribution in [0.4, 0.5) is 0 Å². The first-order chi connectivity index (χ1) is 14.0. The monoisotopic (exact) mass is 444 g/mol. The molecule has 0 saturated carbocycles. The zero-order chi connectivity index (χ0) is 20.9. The molecule has 2 atom stereocenters. The van der Waals surface area contributed by atoms with Gasteiger partial charge in [0.15, 0.2) is 10.2 Å². The van der Waals surface area contributed by atoms with Gasteiger partial charge in [-0.3, -0.25) is 9.59 Å². The maximum absolute atomic E-state index is 11.2. The number of carbonyl (C=O) groups is 2. The molecule has 0 amide bonds. The van der Waals surface area contributed by atoms with Crippen molar-refractivity contribution in [3.63, 3.8) is 0 Å². The normalized spacial score (nSPS) is 21.5. The van der Waals surface area contributed by atoms with Gasteiger partial charge in [0.05, 0.1) is 13.2 Å². The Labute approximate surface area is 183 Å². The molecule has 29 heavy (non-hydrogen) atoms. The largest absolute Gasteiger partial charge is 0.466 e. The van der Waals surface area contributed by atoms with Crippen LogP contribution in [0.5, 0.6) is 0 Å². The molecule has 0 spiro atoms. The van der Waals surface area contributed by atoms with E-state index < -0.39 is 0 Å². The van der Waals surface area contributed by atoms with Crippen LogP contribution >= 0.6 is 24.4 Å². The number of esters is 2. The molecule has 2 aliphatic rings. The minimum atomic E-state index is -0.0967. The summed E-state index contributed by atoms with van der Waals surface area (Å²) in [7, 11) is 0. The van der Waals surface area contributed by atoms with Crippen LogP contribution in [0.2, 0.25) is 0 Å². The van der Waals surface area contributed by atoms with E-state index in [2.05, 4.69) is 21.3 Å². The third-order valence-corrected chi connectivity index (χ3v) is 5.67. The Morgan fingerprint density at radius 1 is 0.759 bits per heavy atom. The Bertz CT molecular complexity index is 528. The molecule has 164 valence electrons. The summed E-state index contributed by atoms with van der Waals surface area (Å²) < 4.78 is 9.90. The fourth-order valence-corrected chi connectivity index (χ4v) is 3.77. The molecule has 0 aromatic rings. The molecule has 0 radical (unpaired) electrons. The number of hydrogen-bond donors (Lipinski definition) is 4. The van der Waals surface area contributed by atoms with Crippen molar-refractivity contribution < 1.29 is 19.1 Å². The van der Waals surface area contributed by atoms with Crippen molar-refractivity contribution in [3.8, 4) is 0 Å². The second kappa shape index (κ2) is 13.5. The van der Waals surface area contributed by atoms with Crippen LogP contribution in [-0.2, 0) is 19.1 Å².